The van der Waals surface area contributed by atoms with E-state index in [1.165, 1.54) is 16.9 Å². The van der Waals surface area contributed by atoms with Gasteiger partial charge in [0.2, 0.25) is 0 Å². The second-order valence-electron chi connectivity index (χ2n) is 9.07. The summed E-state index contributed by atoms with van der Waals surface area (Å²) in [5.74, 6) is -0.668. The molecule has 2 aliphatic heterocycles. The fourth-order valence-corrected chi connectivity index (χ4v) is 4.93. The smallest absolute Gasteiger partial charge is 0.324 e. The highest BCUT2D eigenvalue weighted by atomic mass is 32.1. The Kier molecular flexibility index (Phi) is 5.79. The van der Waals surface area contributed by atoms with Gasteiger partial charge in [0.05, 0.1) is 12.3 Å². The molecule has 166 valence electrons. The predicted molar refractivity (Wildman–Crippen MR) is 117 cm³/mol. The standard InChI is InChI=1S/C23H28N2O5S/c1-14(2)10-28-11-17-9-23(19(26)29-17)13-22(4,30-20(23)27)18-12-31-21(25-18)24-16-7-5-15(3)6-8-16/h5-8,12,14,17H,9-11,13H2,1-4H3,(H,24,25)/t17-,22+,23-/m0/s1. The van der Waals surface area contributed by atoms with Crippen molar-refractivity contribution >= 4 is 34.1 Å². The van der Waals surface area contributed by atoms with Crippen molar-refractivity contribution in [1.29, 1.82) is 0 Å². The van der Waals surface area contributed by atoms with Crippen LogP contribution in [0.4, 0.5) is 10.8 Å². The Labute approximate surface area is 186 Å². The molecule has 3 heterocycles. The van der Waals surface area contributed by atoms with Crippen LogP contribution < -0.4 is 5.32 Å². The van der Waals surface area contributed by atoms with Crippen molar-refractivity contribution in [2.75, 3.05) is 18.5 Å². The van der Waals surface area contributed by atoms with Crippen molar-refractivity contribution in [3.63, 3.8) is 0 Å². The van der Waals surface area contributed by atoms with Gasteiger partial charge in [0, 0.05) is 30.5 Å². The Morgan fingerprint density at radius 3 is 2.71 bits per heavy atom. The van der Waals surface area contributed by atoms with E-state index in [4.69, 9.17) is 14.2 Å². The summed E-state index contributed by atoms with van der Waals surface area (Å²) in [4.78, 5) is 30.2. The summed E-state index contributed by atoms with van der Waals surface area (Å²) in [6, 6.07) is 8.01. The molecule has 4 rings (SSSR count). The van der Waals surface area contributed by atoms with Gasteiger partial charge in [0.15, 0.2) is 16.1 Å². The van der Waals surface area contributed by atoms with Crippen LogP contribution in [0.25, 0.3) is 0 Å². The molecule has 0 aliphatic carbocycles. The summed E-state index contributed by atoms with van der Waals surface area (Å²) >= 11 is 1.43. The van der Waals surface area contributed by atoms with Gasteiger partial charge in [-0.1, -0.05) is 31.5 Å². The minimum absolute atomic E-state index is 0.214. The highest BCUT2D eigenvalue weighted by molar-refractivity contribution is 7.13. The first-order valence-corrected chi connectivity index (χ1v) is 11.4. The molecule has 7 nitrogen and oxygen atoms in total. The number of hydrogen-bond acceptors (Lipinski definition) is 8. The predicted octanol–water partition coefficient (Wildman–Crippen LogP) is 4.33. The maximum Gasteiger partial charge on any atom is 0.324 e. The third-order valence-corrected chi connectivity index (χ3v) is 6.45. The Morgan fingerprint density at radius 2 is 2.00 bits per heavy atom. The van der Waals surface area contributed by atoms with Crippen molar-refractivity contribution in [3.05, 3.63) is 40.9 Å². The number of anilines is 2. The van der Waals surface area contributed by atoms with E-state index in [-0.39, 0.29) is 19.4 Å². The van der Waals surface area contributed by atoms with Gasteiger partial charge in [-0.15, -0.1) is 11.3 Å². The van der Waals surface area contributed by atoms with Gasteiger partial charge in [-0.25, -0.2) is 4.98 Å². The largest absolute Gasteiger partial charge is 0.459 e. The molecule has 2 fully saturated rings. The Balaban J connectivity index is 1.46. The van der Waals surface area contributed by atoms with Gasteiger partial charge in [-0.2, -0.15) is 0 Å². The molecule has 1 aromatic heterocycles. The van der Waals surface area contributed by atoms with E-state index in [0.717, 1.165) is 5.69 Å². The highest BCUT2D eigenvalue weighted by Crippen LogP contribution is 2.52. The maximum atomic E-state index is 12.9. The lowest BCUT2D eigenvalue weighted by molar-refractivity contribution is -0.160. The number of cyclic esters (lactones) is 2. The SMILES string of the molecule is Cc1ccc(Nc2nc([C@@]3(C)C[C@]4(C[C@@H](COCC(C)C)OC4=O)C(=O)O3)cs2)cc1. The van der Waals surface area contributed by atoms with E-state index in [1.807, 2.05) is 36.6 Å². The average Bonchev–Trinajstić information content (AvgIpc) is 3.36. The molecule has 1 N–H and O–H groups in total. The maximum absolute atomic E-state index is 12.9. The molecule has 3 atom stereocenters. The van der Waals surface area contributed by atoms with Gasteiger partial charge >= 0.3 is 11.9 Å². The monoisotopic (exact) mass is 444 g/mol. The molecule has 2 aliphatic rings. The zero-order valence-corrected chi connectivity index (χ0v) is 19.1. The van der Waals surface area contributed by atoms with E-state index < -0.39 is 29.1 Å². The number of nitrogens with one attached hydrogen (secondary N) is 1. The summed E-state index contributed by atoms with van der Waals surface area (Å²) in [6.07, 6.45) is 0.0542. The van der Waals surface area contributed by atoms with Crippen molar-refractivity contribution < 1.29 is 23.8 Å². The minimum Gasteiger partial charge on any atom is -0.459 e. The molecule has 0 radical (unpaired) electrons. The number of carbonyl (C=O) groups excluding carboxylic acids is 2. The van der Waals surface area contributed by atoms with Crippen LogP contribution in [0.3, 0.4) is 0 Å². The first kappa shape index (κ1) is 21.8. The Morgan fingerprint density at radius 1 is 1.26 bits per heavy atom. The number of esters is 2. The molecular formula is C23H28N2O5S. The van der Waals surface area contributed by atoms with Crippen LogP contribution >= 0.6 is 11.3 Å². The van der Waals surface area contributed by atoms with Crippen LogP contribution in [0.15, 0.2) is 29.6 Å². The summed E-state index contributed by atoms with van der Waals surface area (Å²) in [6.45, 7) is 8.82. The number of ether oxygens (including phenoxy) is 3. The normalized spacial score (nSPS) is 27.7. The first-order valence-electron chi connectivity index (χ1n) is 10.5. The van der Waals surface area contributed by atoms with Crippen LogP contribution in [0.5, 0.6) is 0 Å². The molecule has 0 unspecified atom stereocenters. The fourth-order valence-electron chi connectivity index (χ4n) is 4.08. The van der Waals surface area contributed by atoms with Crippen molar-refractivity contribution in [2.24, 2.45) is 11.3 Å². The molecule has 0 bridgehead atoms. The Hall–Kier alpha value is -2.45. The van der Waals surface area contributed by atoms with Crippen LogP contribution in [0.1, 0.15) is 44.9 Å². The fraction of sp³-hybridized carbons (Fsp3) is 0.522. The molecular weight excluding hydrogens is 416 g/mol. The first-order chi connectivity index (χ1) is 14.7. The van der Waals surface area contributed by atoms with Gasteiger partial charge < -0.3 is 19.5 Å². The van der Waals surface area contributed by atoms with Crippen LogP contribution in [0, 0.1) is 18.3 Å². The van der Waals surface area contributed by atoms with Crippen molar-refractivity contribution in [2.45, 2.75) is 52.2 Å². The lowest BCUT2D eigenvalue weighted by Crippen LogP contribution is -2.32. The lowest BCUT2D eigenvalue weighted by Gasteiger charge is -2.20. The van der Waals surface area contributed by atoms with Crippen molar-refractivity contribution in [3.8, 4) is 0 Å². The summed E-state index contributed by atoms with van der Waals surface area (Å²) in [5, 5.41) is 5.84. The summed E-state index contributed by atoms with van der Waals surface area (Å²) < 4.78 is 16.8. The molecule has 31 heavy (non-hydrogen) atoms. The zero-order valence-electron chi connectivity index (χ0n) is 18.3. The molecule has 8 heteroatoms. The van der Waals surface area contributed by atoms with Gasteiger partial charge in [0.1, 0.15) is 6.10 Å². The van der Waals surface area contributed by atoms with Gasteiger partial charge in [-0.3, -0.25) is 9.59 Å². The minimum atomic E-state index is -1.28. The van der Waals surface area contributed by atoms with Crippen LogP contribution in [-0.4, -0.2) is 36.2 Å². The average molecular weight is 445 g/mol. The van der Waals surface area contributed by atoms with E-state index >= 15 is 0 Å². The molecule has 1 aromatic carbocycles. The molecule has 2 saturated heterocycles. The van der Waals surface area contributed by atoms with E-state index in [9.17, 15) is 9.59 Å². The van der Waals surface area contributed by atoms with Crippen LogP contribution in [0.2, 0.25) is 0 Å². The summed E-state index contributed by atoms with van der Waals surface area (Å²) in [7, 11) is 0. The van der Waals surface area contributed by atoms with E-state index in [0.29, 0.717) is 23.4 Å². The number of rotatable bonds is 7. The van der Waals surface area contributed by atoms with Crippen LogP contribution in [-0.2, 0) is 29.4 Å². The highest BCUT2D eigenvalue weighted by Gasteiger charge is 2.65. The third-order valence-electron chi connectivity index (χ3n) is 5.69. The Bertz CT molecular complexity index is 973. The second-order valence-corrected chi connectivity index (χ2v) is 9.93. The molecule has 0 saturated carbocycles. The number of aryl methyl sites for hydroxylation is 1. The number of thiazole rings is 1. The molecule has 2 aromatic rings. The summed E-state index contributed by atoms with van der Waals surface area (Å²) in [5.41, 5.74) is 0.477. The number of hydrogen-bond donors (Lipinski definition) is 1. The van der Waals surface area contributed by atoms with Gasteiger partial charge in [-0.05, 0) is 31.9 Å². The number of aromatic nitrogens is 1. The quantitative estimate of drug-likeness (QED) is 0.502. The second kappa shape index (κ2) is 8.24. The van der Waals surface area contributed by atoms with E-state index in [1.54, 1.807) is 6.92 Å². The lowest BCUT2D eigenvalue weighted by atomic mass is 9.78. The molecule has 1 spiro atoms. The van der Waals surface area contributed by atoms with E-state index in [2.05, 4.69) is 24.1 Å². The topological polar surface area (TPSA) is 86.8 Å². The third kappa shape index (κ3) is 4.32. The van der Waals surface area contributed by atoms with Crippen molar-refractivity contribution in [1.82, 2.24) is 4.98 Å². The zero-order chi connectivity index (χ0) is 22.2. The number of benzene rings is 1. The number of nitrogens with zero attached hydrogens (tertiary/aromatic N) is 1. The molecule has 0 amide bonds. The number of carbonyl (C=O) groups is 2. The van der Waals surface area contributed by atoms with Gasteiger partial charge in [0.25, 0.3) is 0 Å².